The Morgan fingerprint density at radius 2 is 2.00 bits per heavy atom. The zero-order valence-corrected chi connectivity index (χ0v) is 10.2. The maximum Gasteiger partial charge on any atom is 0.0874 e. The van der Waals surface area contributed by atoms with Gasteiger partial charge in [0.05, 0.1) is 5.71 Å². The van der Waals surface area contributed by atoms with Crippen LogP contribution in [0.1, 0.15) is 17.5 Å². The number of oxime groups is 1. The number of hydrogen-bond acceptors (Lipinski definition) is 2. The molecule has 0 amide bonds. The lowest BCUT2D eigenvalue weighted by Gasteiger charge is -2.07. The van der Waals surface area contributed by atoms with Gasteiger partial charge in [0.2, 0.25) is 0 Å². The number of nitrogens with zero attached hydrogens (tertiary/aromatic N) is 1. The minimum absolute atomic E-state index is 0.793. The van der Waals surface area contributed by atoms with E-state index in [1.165, 1.54) is 16.3 Å². The zero-order valence-electron chi connectivity index (χ0n) is 8.57. The monoisotopic (exact) mass is 275 g/mol. The van der Waals surface area contributed by atoms with Gasteiger partial charge >= 0.3 is 0 Å². The number of hydrogen-bond donors (Lipinski definition) is 1. The van der Waals surface area contributed by atoms with E-state index >= 15 is 0 Å². The van der Waals surface area contributed by atoms with Crippen LogP contribution in [0, 0.1) is 0 Å². The molecule has 0 saturated carbocycles. The molecule has 0 bridgehead atoms. The van der Waals surface area contributed by atoms with Gasteiger partial charge in [0, 0.05) is 10.0 Å². The van der Waals surface area contributed by atoms with Gasteiger partial charge in [0.1, 0.15) is 0 Å². The topological polar surface area (TPSA) is 32.6 Å². The van der Waals surface area contributed by atoms with Crippen molar-refractivity contribution in [2.45, 2.75) is 12.8 Å². The molecule has 0 saturated heterocycles. The second-order valence-corrected chi connectivity index (χ2v) is 4.78. The average molecular weight is 276 g/mol. The number of rotatable bonds is 0. The van der Waals surface area contributed by atoms with Gasteiger partial charge in [-0.15, -0.1) is 0 Å². The van der Waals surface area contributed by atoms with Crippen molar-refractivity contribution in [3.05, 3.63) is 45.9 Å². The summed E-state index contributed by atoms with van der Waals surface area (Å²) >= 11 is 3.65. The molecular formula is C13H10BrNO. The SMILES string of the molecule is O/N=C1/CCc2c1cc1ccccc1c2Br. The smallest absolute Gasteiger partial charge is 0.0874 e. The first-order valence-corrected chi connectivity index (χ1v) is 6.02. The Balaban J connectivity index is 2.41. The van der Waals surface area contributed by atoms with Crippen molar-refractivity contribution in [3.8, 4) is 0 Å². The Hall–Kier alpha value is -1.35. The fourth-order valence-corrected chi connectivity index (χ4v) is 3.10. The first-order chi connectivity index (χ1) is 7.81. The van der Waals surface area contributed by atoms with Gasteiger partial charge < -0.3 is 5.21 Å². The zero-order chi connectivity index (χ0) is 11.1. The molecule has 16 heavy (non-hydrogen) atoms. The molecule has 0 atom stereocenters. The van der Waals surface area contributed by atoms with Gasteiger partial charge in [0.15, 0.2) is 0 Å². The summed E-state index contributed by atoms with van der Waals surface area (Å²) in [5.74, 6) is 0. The quantitative estimate of drug-likeness (QED) is 0.577. The molecule has 0 heterocycles. The van der Waals surface area contributed by atoms with Crippen molar-refractivity contribution in [1.82, 2.24) is 0 Å². The first-order valence-electron chi connectivity index (χ1n) is 5.22. The average Bonchev–Trinajstić information content (AvgIpc) is 2.72. The highest BCUT2D eigenvalue weighted by Gasteiger charge is 2.22. The molecule has 0 spiro atoms. The summed E-state index contributed by atoms with van der Waals surface area (Å²) in [6.45, 7) is 0. The predicted octanol–water partition coefficient (Wildman–Crippen LogP) is 3.73. The third-order valence-corrected chi connectivity index (χ3v) is 4.04. The summed E-state index contributed by atoms with van der Waals surface area (Å²) in [5, 5.41) is 14.7. The fraction of sp³-hybridized carbons (Fsp3) is 0.154. The number of fused-ring (bicyclic) bond motifs is 2. The van der Waals surface area contributed by atoms with Crippen LogP contribution in [0.2, 0.25) is 0 Å². The number of halogens is 1. The molecule has 2 nitrogen and oxygen atoms in total. The van der Waals surface area contributed by atoms with Crippen molar-refractivity contribution in [1.29, 1.82) is 0 Å². The van der Waals surface area contributed by atoms with E-state index in [1.54, 1.807) is 0 Å². The van der Waals surface area contributed by atoms with Crippen LogP contribution in [-0.2, 0) is 6.42 Å². The summed E-state index contributed by atoms with van der Waals surface area (Å²) in [6.07, 6.45) is 1.76. The van der Waals surface area contributed by atoms with Crippen LogP contribution >= 0.6 is 15.9 Å². The Morgan fingerprint density at radius 1 is 1.19 bits per heavy atom. The number of benzene rings is 2. The van der Waals surface area contributed by atoms with Gasteiger partial charge in [-0.25, -0.2) is 0 Å². The lowest BCUT2D eigenvalue weighted by molar-refractivity contribution is 0.318. The fourth-order valence-electron chi connectivity index (χ4n) is 2.33. The largest absolute Gasteiger partial charge is 0.411 e. The lowest BCUT2D eigenvalue weighted by atomic mass is 10.0. The van der Waals surface area contributed by atoms with Crippen molar-refractivity contribution in [3.63, 3.8) is 0 Å². The van der Waals surface area contributed by atoms with Gasteiger partial charge in [-0.1, -0.05) is 29.4 Å². The van der Waals surface area contributed by atoms with Crippen LogP contribution in [0.4, 0.5) is 0 Å². The third kappa shape index (κ3) is 1.28. The second kappa shape index (κ2) is 3.59. The van der Waals surface area contributed by atoms with Crippen LogP contribution in [-0.4, -0.2) is 10.9 Å². The van der Waals surface area contributed by atoms with Crippen LogP contribution in [0.5, 0.6) is 0 Å². The van der Waals surface area contributed by atoms with Gasteiger partial charge in [-0.05, 0) is 51.2 Å². The Morgan fingerprint density at radius 3 is 2.81 bits per heavy atom. The Kier molecular flexibility index (Phi) is 2.21. The van der Waals surface area contributed by atoms with E-state index in [4.69, 9.17) is 5.21 Å². The first kappa shape index (κ1) is 9.85. The molecule has 0 aliphatic heterocycles. The van der Waals surface area contributed by atoms with E-state index in [2.05, 4.69) is 39.3 Å². The summed E-state index contributed by atoms with van der Waals surface area (Å²) in [6, 6.07) is 10.3. The molecule has 2 aromatic carbocycles. The maximum absolute atomic E-state index is 8.95. The van der Waals surface area contributed by atoms with Gasteiger partial charge in [-0.3, -0.25) is 0 Å². The molecule has 80 valence electrons. The van der Waals surface area contributed by atoms with Crippen molar-refractivity contribution in [2.24, 2.45) is 5.16 Å². The molecular weight excluding hydrogens is 266 g/mol. The molecule has 0 aromatic heterocycles. The van der Waals surface area contributed by atoms with Crippen molar-refractivity contribution >= 4 is 32.4 Å². The standard InChI is InChI=1S/C13H10BrNO/c14-13-9-4-2-1-3-8(9)7-11-10(13)5-6-12(11)15-16/h1-4,7,16H,5-6H2/b15-12-. The molecule has 3 rings (SSSR count). The highest BCUT2D eigenvalue weighted by molar-refractivity contribution is 9.10. The molecule has 1 N–H and O–H groups in total. The molecule has 0 unspecified atom stereocenters. The van der Waals surface area contributed by atoms with Gasteiger partial charge in [-0.2, -0.15) is 0 Å². The van der Waals surface area contributed by atoms with Gasteiger partial charge in [0.25, 0.3) is 0 Å². The van der Waals surface area contributed by atoms with E-state index in [1.807, 2.05) is 12.1 Å². The molecule has 2 aromatic rings. The van der Waals surface area contributed by atoms with E-state index in [-0.39, 0.29) is 0 Å². The second-order valence-electron chi connectivity index (χ2n) is 3.98. The van der Waals surface area contributed by atoms with Crippen molar-refractivity contribution in [2.75, 3.05) is 0 Å². The molecule has 1 aliphatic carbocycles. The lowest BCUT2D eigenvalue weighted by Crippen LogP contribution is -1.94. The van der Waals surface area contributed by atoms with Crippen LogP contribution < -0.4 is 0 Å². The Labute approximate surface area is 102 Å². The van der Waals surface area contributed by atoms with Crippen LogP contribution in [0.25, 0.3) is 10.8 Å². The Bertz CT molecular complexity index is 604. The molecule has 3 heteroatoms. The highest BCUT2D eigenvalue weighted by atomic mass is 79.9. The summed E-state index contributed by atoms with van der Waals surface area (Å²) in [7, 11) is 0. The minimum Gasteiger partial charge on any atom is -0.411 e. The minimum atomic E-state index is 0.793. The summed E-state index contributed by atoms with van der Waals surface area (Å²) in [5.41, 5.74) is 3.13. The molecule has 0 radical (unpaired) electrons. The molecule has 1 aliphatic rings. The van der Waals surface area contributed by atoms with E-state index in [0.29, 0.717) is 0 Å². The van der Waals surface area contributed by atoms with E-state index in [0.717, 1.165) is 28.6 Å². The normalized spacial score (nSPS) is 16.9. The summed E-state index contributed by atoms with van der Waals surface area (Å²) in [4.78, 5) is 0. The third-order valence-electron chi connectivity index (χ3n) is 3.13. The predicted molar refractivity (Wildman–Crippen MR) is 68.3 cm³/mol. The molecule has 0 fully saturated rings. The summed E-state index contributed by atoms with van der Waals surface area (Å²) < 4.78 is 1.14. The van der Waals surface area contributed by atoms with E-state index in [9.17, 15) is 0 Å². The van der Waals surface area contributed by atoms with E-state index < -0.39 is 0 Å². The van der Waals surface area contributed by atoms with Crippen LogP contribution in [0.15, 0.2) is 40.0 Å². The highest BCUT2D eigenvalue weighted by Crippen LogP contribution is 2.35. The van der Waals surface area contributed by atoms with Crippen LogP contribution in [0.3, 0.4) is 0 Å². The van der Waals surface area contributed by atoms with Crippen molar-refractivity contribution < 1.29 is 5.21 Å². The maximum atomic E-state index is 8.95.